The van der Waals surface area contributed by atoms with Gasteiger partial charge in [-0.05, 0) is 53.4 Å². The zero-order valence-electron chi connectivity index (χ0n) is 27.1. The SMILES string of the molecule is CC[C@@H]([C@@H]1CC[C@@H](N=[N+]=[N-])[C@@H](O[C@H]2[C@H](OC(C)=O)[C@@H](C)[C@H](N=[N+]=[N-])C[C@@H]2N=[N+]=[N-])O1)N(Cc1ccccc1)C(=O)OCc1ccccc1. The Morgan fingerprint density at radius 2 is 1.50 bits per heavy atom. The predicted octanol–water partition coefficient (Wildman–Crippen LogP) is 7.50. The first-order valence-electron chi connectivity index (χ1n) is 15.9. The number of amides is 1. The standard InChI is InChI=1S/C32H40N10O6/c1-4-27(42(18-22-11-7-5-8-12-22)32(44)45-19-23-13-9-6-10-14-23)28-16-15-24(36-39-33)31(47-28)48-30-26(38-41-35)17-25(37-40-34)20(2)29(30)46-21(3)43/h5-14,20,24-31H,4,15-19H2,1-3H3/t20-,24+,25+,26-,27-,28-,29+,30+,31+/m0/s1. The lowest BCUT2D eigenvalue weighted by Gasteiger charge is -2.46. The third-order valence-electron chi connectivity index (χ3n) is 8.76. The van der Waals surface area contributed by atoms with Crippen LogP contribution >= 0.6 is 0 Å². The van der Waals surface area contributed by atoms with Crippen molar-refractivity contribution in [2.24, 2.45) is 21.3 Å². The Bertz CT molecular complexity index is 1510. The number of hydrogen-bond acceptors (Lipinski definition) is 9. The molecule has 2 aromatic rings. The molecule has 0 unspecified atom stereocenters. The number of esters is 1. The van der Waals surface area contributed by atoms with Crippen molar-refractivity contribution in [3.63, 3.8) is 0 Å². The summed E-state index contributed by atoms with van der Waals surface area (Å²) >= 11 is 0. The molecule has 1 amide bonds. The Morgan fingerprint density at radius 3 is 2.10 bits per heavy atom. The third kappa shape index (κ3) is 9.31. The predicted molar refractivity (Wildman–Crippen MR) is 174 cm³/mol. The van der Waals surface area contributed by atoms with Gasteiger partial charge in [-0.25, -0.2) is 4.79 Å². The number of azide groups is 3. The summed E-state index contributed by atoms with van der Waals surface area (Å²) in [7, 11) is 0. The lowest BCUT2D eigenvalue weighted by Crippen LogP contribution is -2.57. The van der Waals surface area contributed by atoms with Gasteiger partial charge in [0.15, 0.2) is 6.29 Å². The molecular weight excluding hydrogens is 620 g/mol. The summed E-state index contributed by atoms with van der Waals surface area (Å²) in [6.07, 6.45) is -2.77. The van der Waals surface area contributed by atoms with E-state index in [4.69, 9.17) is 24.5 Å². The van der Waals surface area contributed by atoms with Crippen LogP contribution in [0.15, 0.2) is 76.0 Å². The Kier molecular flexibility index (Phi) is 13.3. The molecule has 0 bridgehead atoms. The van der Waals surface area contributed by atoms with Gasteiger partial charge in [0, 0.05) is 40.2 Å². The van der Waals surface area contributed by atoms with Gasteiger partial charge in [0.1, 0.15) is 18.8 Å². The van der Waals surface area contributed by atoms with Crippen molar-refractivity contribution in [2.45, 2.75) is 108 Å². The van der Waals surface area contributed by atoms with Gasteiger partial charge < -0.3 is 18.9 Å². The maximum Gasteiger partial charge on any atom is 0.410 e. The van der Waals surface area contributed by atoms with E-state index in [1.807, 2.05) is 67.6 Å². The zero-order chi connectivity index (χ0) is 34.5. The van der Waals surface area contributed by atoms with Gasteiger partial charge in [0.05, 0.1) is 24.2 Å². The van der Waals surface area contributed by atoms with Crippen molar-refractivity contribution in [3.8, 4) is 0 Å². The Morgan fingerprint density at radius 1 is 0.896 bits per heavy atom. The fourth-order valence-corrected chi connectivity index (χ4v) is 6.39. The van der Waals surface area contributed by atoms with Crippen molar-refractivity contribution in [1.29, 1.82) is 0 Å². The lowest BCUT2D eigenvalue weighted by molar-refractivity contribution is -0.258. The van der Waals surface area contributed by atoms with Crippen LogP contribution in [0.5, 0.6) is 0 Å². The maximum atomic E-state index is 13.7. The number of carbonyl (C=O) groups excluding carboxylic acids is 2. The number of rotatable bonds is 13. The highest BCUT2D eigenvalue weighted by atomic mass is 16.7. The monoisotopic (exact) mass is 660 g/mol. The summed E-state index contributed by atoms with van der Waals surface area (Å²) in [6.45, 7) is 5.28. The molecule has 254 valence electrons. The normalized spacial score (nSPS) is 27.1. The van der Waals surface area contributed by atoms with Gasteiger partial charge in [-0.15, -0.1) is 0 Å². The van der Waals surface area contributed by atoms with Crippen molar-refractivity contribution >= 4 is 12.1 Å². The minimum Gasteiger partial charge on any atom is -0.459 e. The van der Waals surface area contributed by atoms with Crippen molar-refractivity contribution in [1.82, 2.24) is 4.90 Å². The molecule has 2 fully saturated rings. The van der Waals surface area contributed by atoms with Crippen LogP contribution in [0.1, 0.15) is 57.6 Å². The van der Waals surface area contributed by atoms with Crippen LogP contribution in [0.3, 0.4) is 0 Å². The quantitative estimate of drug-likeness (QED) is 0.0914. The highest BCUT2D eigenvalue weighted by molar-refractivity contribution is 5.68. The Balaban J connectivity index is 1.63. The molecule has 0 radical (unpaired) electrons. The molecular formula is C32H40N10O6. The first-order chi connectivity index (χ1) is 23.3. The lowest BCUT2D eigenvalue weighted by atomic mass is 9.79. The molecule has 0 spiro atoms. The largest absolute Gasteiger partial charge is 0.459 e. The van der Waals surface area contributed by atoms with Crippen LogP contribution < -0.4 is 0 Å². The van der Waals surface area contributed by atoms with E-state index in [0.717, 1.165) is 11.1 Å². The van der Waals surface area contributed by atoms with Gasteiger partial charge in [0.2, 0.25) is 0 Å². The molecule has 16 nitrogen and oxygen atoms in total. The first-order valence-corrected chi connectivity index (χ1v) is 15.9. The van der Waals surface area contributed by atoms with Crippen LogP contribution in [0.4, 0.5) is 4.79 Å². The van der Waals surface area contributed by atoms with E-state index in [1.54, 1.807) is 11.8 Å². The van der Waals surface area contributed by atoms with Gasteiger partial charge in [-0.2, -0.15) is 0 Å². The molecule has 2 aliphatic rings. The Hall–Kier alpha value is -4.97. The van der Waals surface area contributed by atoms with Crippen LogP contribution in [0.25, 0.3) is 31.3 Å². The molecule has 2 aromatic carbocycles. The van der Waals surface area contributed by atoms with E-state index in [9.17, 15) is 20.7 Å². The summed E-state index contributed by atoms with van der Waals surface area (Å²) < 4.78 is 24.4. The molecule has 1 saturated carbocycles. The van der Waals surface area contributed by atoms with Crippen LogP contribution in [-0.2, 0) is 36.9 Å². The minimum atomic E-state index is -1.14. The van der Waals surface area contributed by atoms with Gasteiger partial charge in [-0.1, -0.05) is 89.9 Å². The number of ether oxygens (including phenoxy) is 4. The summed E-state index contributed by atoms with van der Waals surface area (Å²) in [5.74, 6) is -1.10. The van der Waals surface area contributed by atoms with E-state index in [2.05, 4.69) is 30.1 Å². The molecule has 48 heavy (non-hydrogen) atoms. The topological polar surface area (TPSA) is 221 Å². The van der Waals surface area contributed by atoms with E-state index >= 15 is 0 Å². The second kappa shape index (κ2) is 17.8. The van der Waals surface area contributed by atoms with E-state index in [1.165, 1.54) is 6.92 Å². The van der Waals surface area contributed by atoms with Crippen molar-refractivity contribution in [2.75, 3.05) is 0 Å². The second-order valence-corrected chi connectivity index (χ2v) is 11.8. The number of benzene rings is 2. The van der Waals surface area contributed by atoms with E-state index in [-0.39, 0.29) is 19.6 Å². The van der Waals surface area contributed by atoms with Gasteiger partial charge >= 0.3 is 12.1 Å². The third-order valence-corrected chi connectivity index (χ3v) is 8.76. The number of carbonyl (C=O) groups is 2. The second-order valence-electron chi connectivity index (χ2n) is 11.8. The fraction of sp³-hybridized carbons (Fsp3) is 0.562. The van der Waals surface area contributed by atoms with Crippen LogP contribution in [-0.4, -0.2) is 65.7 Å². The van der Waals surface area contributed by atoms with Crippen molar-refractivity contribution < 1.29 is 28.5 Å². The fourth-order valence-electron chi connectivity index (χ4n) is 6.39. The van der Waals surface area contributed by atoms with Crippen LogP contribution in [0, 0.1) is 5.92 Å². The van der Waals surface area contributed by atoms with Crippen LogP contribution in [0.2, 0.25) is 0 Å². The number of hydrogen-bond donors (Lipinski definition) is 0. The average molecular weight is 661 g/mol. The Labute approximate surface area is 278 Å². The smallest absolute Gasteiger partial charge is 0.410 e. The zero-order valence-corrected chi connectivity index (χ0v) is 27.1. The molecule has 9 atom stereocenters. The minimum absolute atomic E-state index is 0.0899. The highest BCUT2D eigenvalue weighted by Gasteiger charge is 2.48. The molecule has 0 aromatic heterocycles. The van der Waals surface area contributed by atoms with Gasteiger partial charge in [0.25, 0.3) is 0 Å². The van der Waals surface area contributed by atoms with Crippen molar-refractivity contribution in [3.05, 3.63) is 103 Å². The number of nitrogens with zero attached hydrogens (tertiary/aromatic N) is 10. The molecule has 0 N–H and O–H groups in total. The van der Waals surface area contributed by atoms with Gasteiger partial charge in [-0.3, -0.25) is 9.69 Å². The molecule has 16 heteroatoms. The van der Waals surface area contributed by atoms with E-state index in [0.29, 0.717) is 19.3 Å². The first kappa shape index (κ1) is 35.9. The van der Waals surface area contributed by atoms with E-state index < -0.39 is 66.7 Å². The summed E-state index contributed by atoms with van der Waals surface area (Å²) in [6, 6.07) is 16.1. The summed E-state index contributed by atoms with van der Waals surface area (Å²) in [5, 5.41) is 11.7. The molecule has 1 aliphatic heterocycles. The summed E-state index contributed by atoms with van der Waals surface area (Å²) in [4.78, 5) is 36.4. The molecule has 4 rings (SSSR count). The summed E-state index contributed by atoms with van der Waals surface area (Å²) in [5.41, 5.74) is 29.6. The molecule has 1 heterocycles. The molecule has 1 saturated heterocycles. The average Bonchev–Trinajstić information content (AvgIpc) is 3.09. The highest BCUT2D eigenvalue weighted by Crippen LogP contribution is 2.37. The maximum absolute atomic E-state index is 13.7. The molecule has 1 aliphatic carbocycles.